The Bertz CT molecular complexity index is 611. The third-order valence-electron chi connectivity index (χ3n) is 4.18. The Morgan fingerprint density at radius 2 is 1.32 bits per heavy atom. The van der Waals surface area contributed by atoms with Gasteiger partial charge in [0.2, 0.25) is 0 Å². The molecule has 28 heavy (non-hydrogen) atoms. The monoisotopic (exact) mass is 444 g/mol. The highest BCUT2D eigenvalue weighted by Crippen LogP contribution is 2.12. The van der Waals surface area contributed by atoms with Gasteiger partial charge in [-0.15, -0.1) is 6.58 Å². The summed E-state index contributed by atoms with van der Waals surface area (Å²) < 4.78 is 0. The molecule has 0 unspecified atom stereocenters. The summed E-state index contributed by atoms with van der Waals surface area (Å²) in [6, 6.07) is 25.8. The lowest BCUT2D eigenvalue weighted by Crippen LogP contribution is -2.20. The van der Waals surface area contributed by atoms with E-state index in [1.807, 2.05) is 12.1 Å². The number of hydrogen-bond acceptors (Lipinski definition) is 0. The van der Waals surface area contributed by atoms with Crippen LogP contribution in [0, 0.1) is 0 Å². The smallest absolute Gasteiger partial charge is 0.0547 e. The summed E-state index contributed by atoms with van der Waals surface area (Å²) >= 11 is 0. The third-order valence-corrected chi connectivity index (χ3v) is 10.1. The first-order valence-electron chi connectivity index (χ1n) is 10.7. The molecular formula is C24H44Si4. The molecule has 0 fully saturated rings. The van der Waals surface area contributed by atoms with Crippen LogP contribution in [0.25, 0.3) is 0 Å². The van der Waals surface area contributed by atoms with Crippen LogP contribution in [0.15, 0.2) is 73.3 Å². The predicted octanol–water partition coefficient (Wildman–Crippen LogP) is 4.82. The first-order valence-corrected chi connectivity index (χ1v) is 20.8. The zero-order valence-electron chi connectivity index (χ0n) is 19.6. The molecule has 0 N–H and O–H groups in total. The van der Waals surface area contributed by atoms with Crippen LogP contribution in [0.5, 0.6) is 0 Å². The summed E-state index contributed by atoms with van der Waals surface area (Å²) in [5.74, 6) is 0. The van der Waals surface area contributed by atoms with Gasteiger partial charge in [0.15, 0.2) is 0 Å². The second-order valence-corrected chi connectivity index (χ2v) is 24.3. The molecule has 0 nitrogen and oxygen atoms in total. The highest BCUT2D eigenvalue weighted by molar-refractivity contribution is 6.76. The standard InChI is InChI=1S/C12H22Si2.C6H8Si.C6H14Si/c1-14(2,3)11-7-10-13-12-8-5-4-6-9-12;7-6-4-2-1-3-5-6;1-5-6-7(2,3)4/h4-6,8-9H,7,10-11,13H2,1-3H3;1-5H,7H3;5H,1,6H2,2-4H3. The fourth-order valence-electron chi connectivity index (χ4n) is 2.60. The van der Waals surface area contributed by atoms with Crippen LogP contribution in [0.4, 0.5) is 0 Å². The molecule has 2 aromatic rings. The fraction of sp³-hybridized carbons (Fsp3) is 0.417. The van der Waals surface area contributed by atoms with Gasteiger partial charge in [0.25, 0.3) is 0 Å². The first kappa shape index (κ1) is 27.0. The van der Waals surface area contributed by atoms with E-state index in [9.17, 15) is 0 Å². The molecule has 2 aromatic carbocycles. The van der Waals surface area contributed by atoms with Gasteiger partial charge in [-0.25, -0.2) is 0 Å². The topological polar surface area (TPSA) is 0 Å². The molecule has 0 heterocycles. The third kappa shape index (κ3) is 19.8. The lowest BCUT2D eigenvalue weighted by atomic mass is 10.4. The van der Waals surface area contributed by atoms with Crippen LogP contribution in [0.3, 0.4) is 0 Å². The van der Waals surface area contributed by atoms with Gasteiger partial charge in [-0.3, -0.25) is 0 Å². The van der Waals surface area contributed by atoms with Gasteiger partial charge in [0, 0.05) is 26.4 Å². The van der Waals surface area contributed by atoms with Gasteiger partial charge >= 0.3 is 0 Å². The van der Waals surface area contributed by atoms with Crippen LogP contribution < -0.4 is 10.4 Å². The SMILES string of the molecule is C=CC[Si](C)(C)C.C[Si](C)(C)CCC[SiH2]c1ccccc1.[SiH3]c1ccccc1. The molecule has 0 saturated heterocycles. The molecule has 0 amide bonds. The Balaban J connectivity index is 0.000000437. The Morgan fingerprint density at radius 3 is 1.64 bits per heavy atom. The Kier molecular flexibility index (Phi) is 14.5. The van der Waals surface area contributed by atoms with Crippen molar-refractivity contribution in [1.82, 2.24) is 0 Å². The quantitative estimate of drug-likeness (QED) is 0.326. The van der Waals surface area contributed by atoms with Crippen LogP contribution >= 0.6 is 0 Å². The van der Waals surface area contributed by atoms with Gasteiger partial charge in [-0.1, -0.05) is 135 Å². The summed E-state index contributed by atoms with van der Waals surface area (Å²) in [7, 11) is -0.333. The molecular weight excluding hydrogens is 401 g/mol. The van der Waals surface area contributed by atoms with Crippen molar-refractivity contribution in [3.05, 3.63) is 73.3 Å². The Morgan fingerprint density at radius 1 is 0.821 bits per heavy atom. The Hall–Kier alpha value is -0.952. The normalized spacial score (nSPS) is 11.4. The lowest BCUT2D eigenvalue weighted by molar-refractivity contribution is 1.04. The molecule has 2 rings (SSSR count). The number of benzene rings is 2. The largest absolute Gasteiger partial charge is 0.103 e. The maximum atomic E-state index is 3.68. The first-order chi connectivity index (χ1) is 13.0. The van der Waals surface area contributed by atoms with Crippen molar-refractivity contribution in [2.75, 3.05) is 0 Å². The summed E-state index contributed by atoms with van der Waals surface area (Å²) in [6.07, 6.45) is 3.49. The van der Waals surface area contributed by atoms with Crippen molar-refractivity contribution >= 4 is 46.3 Å². The highest BCUT2D eigenvalue weighted by atomic mass is 28.3. The number of hydrogen-bond donors (Lipinski definition) is 0. The van der Waals surface area contributed by atoms with Crippen LogP contribution in [-0.2, 0) is 0 Å². The van der Waals surface area contributed by atoms with Crippen molar-refractivity contribution in [2.45, 2.75) is 63.8 Å². The molecule has 0 saturated carbocycles. The van der Waals surface area contributed by atoms with E-state index in [2.05, 4.69) is 100 Å². The van der Waals surface area contributed by atoms with E-state index in [0.717, 1.165) is 0 Å². The molecule has 0 atom stereocenters. The maximum Gasteiger partial charge on any atom is 0.0547 e. The van der Waals surface area contributed by atoms with Crippen molar-refractivity contribution in [2.24, 2.45) is 0 Å². The van der Waals surface area contributed by atoms with Crippen molar-refractivity contribution in [1.29, 1.82) is 0 Å². The average molecular weight is 445 g/mol. The summed E-state index contributed by atoms with van der Waals surface area (Å²) in [5, 5.41) is 3.09. The van der Waals surface area contributed by atoms with Gasteiger partial charge in [0.1, 0.15) is 0 Å². The summed E-state index contributed by atoms with van der Waals surface area (Å²) in [4.78, 5) is 0. The molecule has 0 spiro atoms. The zero-order valence-corrected chi connectivity index (χ0v) is 25.0. The van der Waals surface area contributed by atoms with Crippen LogP contribution in [0.1, 0.15) is 6.42 Å². The van der Waals surface area contributed by atoms with E-state index in [1.54, 1.807) is 5.19 Å². The van der Waals surface area contributed by atoms with Crippen LogP contribution in [-0.4, -0.2) is 35.9 Å². The van der Waals surface area contributed by atoms with E-state index in [-0.39, 0.29) is 9.52 Å². The fourth-order valence-corrected chi connectivity index (χ4v) is 7.17. The lowest BCUT2D eigenvalue weighted by Gasteiger charge is -2.14. The average Bonchev–Trinajstić information content (AvgIpc) is 2.60. The maximum absolute atomic E-state index is 3.68. The minimum Gasteiger partial charge on any atom is -0.103 e. The minimum absolute atomic E-state index is 0.0419. The van der Waals surface area contributed by atoms with Gasteiger partial charge < -0.3 is 0 Å². The molecule has 4 heteroatoms. The molecule has 0 aliphatic carbocycles. The predicted molar refractivity (Wildman–Crippen MR) is 147 cm³/mol. The van der Waals surface area contributed by atoms with Gasteiger partial charge in [0.05, 0.1) is 9.52 Å². The second-order valence-electron chi connectivity index (χ2n) is 9.96. The van der Waals surface area contributed by atoms with E-state index < -0.39 is 16.1 Å². The molecule has 0 radical (unpaired) electrons. The van der Waals surface area contributed by atoms with E-state index in [0.29, 0.717) is 0 Å². The Labute approximate surface area is 183 Å². The summed E-state index contributed by atoms with van der Waals surface area (Å²) in [5.41, 5.74) is 0. The van der Waals surface area contributed by atoms with E-state index in [4.69, 9.17) is 0 Å². The zero-order chi connectivity index (χ0) is 21.5. The molecule has 0 aliphatic rings. The van der Waals surface area contributed by atoms with E-state index >= 15 is 0 Å². The van der Waals surface area contributed by atoms with Crippen molar-refractivity contribution in [3.8, 4) is 0 Å². The van der Waals surface area contributed by atoms with Gasteiger partial charge in [-0.2, -0.15) is 0 Å². The molecule has 0 aromatic heterocycles. The van der Waals surface area contributed by atoms with Crippen LogP contribution in [0.2, 0.25) is 57.4 Å². The van der Waals surface area contributed by atoms with E-state index in [1.165, 1.54) is 40.0 Å². The highest BCUT2D eigenvalue weighted by Gasteiger charge is 2.11. The molecule has 0 aliphatic heterocycles. The molecule has 156 valence electrons. The van der Waals surface area contributed by atoms with Gasteiger partial charge in [-0.05, 0) is 6.04 Å². The summed E-state index contributed by atoms with van der Waals surface area (Å²) in [6.45, 7) is 18.1. The number of allylic oxidation sites excluding steroid dienone is 1. The second kappa shape index (κ2) is 15.0. The van der Waals surface area contributed by atoms with Crippen molar-refractivity contribution < 1.29 is 0 Å². The molecule has 0 bridgehead atoms. The number of rotatable bonds is 7. The minimum atomic E-state index is -0.775. The van der Waals surface area contributed by atoms with Crippen molar-refractivity contribution in [3.63, 3.8) is 0 Å².